The molecule has 10 nitrogen and oxygen atoms in total. The molecule has 45 heavy (non-hydrogen) atoms. The fraction of sp³-hybridized carbons (Fsp3) is 0.382. The molecule has 0 radical (unpaired) electrons. The fourth-order valence-electron chi connectivity index (χ4n) is 6.64. The van der Waals surface area contributed by atoms with Crippen LogP contribution in [0, 0.1) is 5.92 Å². The maximum absolute atomic E-state index is 11.8. The first kappa shape index (κ1) is 29.4. The van der Waals surface area contributed by atoms with Crippen LogP contribution < -0.4 is 14.8 Å². The molecule has 0 amide bonds. The summed E-state index contributed by atoms with van der Waals surface area (Å²) in [7, 11) is 0. The van der Waals surface area contributed by atoms with Gasteiger partial charge >= 0.3 is 5.97 Å². The van der Waals surface area contributed by atoms with Crippen molar-refractivity contribution in [2.24, 2.45) is 5.92 Å². The van der Waals surface area contributed by atoms with Crippen LogP contribution in [0.2, 0.25) is 5.02 Å². The number of halogens is 1. The van der Waals surface area contributed by atoms with Gasteiger partial charge in [-0.2, -0.15) is 0 Å². The molecule has 0 bridgehead atoms. The second-order valence-corrected chi connectivity index (χ2v) is 12.6. The number of hydrogen-bond acceptors (Lipinski definition) is 8. The zero-order valence-corrected chi connectivity index (χ0v) is 26.3. The minimum atomic E-state index is -0.998. The fourth-order valence-corrected chi connectivity index (χ4v) is 6.76. The van der Waals surface area contributed by atoms with Gasteiger partial charge in [0.1, 0.15) is 11.5 Å². The third kappa shape index (κ3) is 5.80. The molecule has 5 heterocycles. The maximum Gasteiger partial charge on any atom is 0.335 e. The second kappa shape index (κ2) is 11.9. The minimum Gasteiger partial charge on any atom is -0.478 e. The van der Waals surface area contributed by atoms with E-state index in [2.05, 4.69) is 43.9 Å². The Morgan fingerprint density at radius 2 is 1.98 bits per heavy atom. The van der Waals surface area contributed by atoms with Crippen molar-refractivity contribution in [1.82, 2.24) is 29.7 Å². The first-order valence-electron chi connectivity index (χ1n) is 15.5. The second-order valence-electron chi connectivity index (χ2n) is 12.2. The number of likely N-dealkylation sites (N-methyl/N-ethyl adjacent to an activating group) is 1. The lowest BCUT2D eigenvalue weighted by atomic mass is 9.89. The molecule has 7 rings (SSSR count). The molecule has 1 saturated heterocycles. The standard InChI is InChI=1S/C34H37ClN6O4/c1-3-40-21-36-18-26(40)19-41-28-16-24(33(42)43)7-9-27(28)38-31(41)20-39-13-11-22(12-14-39)15-23-5-4-6-29-32(23)45-34(2,44-29)30-10-8-25(35)17-37-30/h4-10,16-18,22,36H,3,11-15,19-21H2,1-2H3,(H,42,43). The molecule has 1 fully saturated rings. The number of carboxylic acids is 1. The van der Waals surface area contributed by atoms with Gasteiger partial charge in [0.2, 0.25) is 0 Å². The number of ether oxygens (including phenoxy) is 2. The normalized spacial score (nSPS) is 20.1. The van der Waals surface area contributed by atoms with Crippen LogP contribution in [0.5, 0.6) is 11.5 Å². The summed E-state index contributed by atoms with van der Waals surface area (Å²) in [6, 6.07) is 15.0. The third-order valence-electron chi connectivity index (χ3n) is 9.17. The number of rotatable bonds is 9. The molecule has 2 aromatic carbocycles. The number of nitrogens with one attached hydrogen (secondary N) is 1. The maximum atomic E-state index is 11.8. The minimum absolute atomic E-state index is 0.272. The predicted octanol–water partition coefficient (Wildman–Crippen LogP) is 5.61. The number of hydrogen-bond donors (Lipinski definition) is 2. The molecule has 0 aliphatic carbocycles. The van der Waals surface area contributed by atoms with Crippen LogP contribution in [0.25, 0.3) is 11.0 Å². The van der Waals surface area contributed by atoms with Crippen molar-refractivity contribution in [2.75, 3.05) is 26.3 Å². The number of carboxylic acid groups (broad SMARTS) is 1. The van der Waals surface area contributed by atoms with Gasteiger partial charge in [-0.25, -0.2) is 9.78 Å². The van der Waals surface area contributed by atoms with E-state index in [9.17, 15) is 9.90 Å². The summed E-state index contributed by atoms with van der Waals surface area (Å²) < 4.78 is 14.9. The van der Waals surface area contributed by atoms with E-state index in [4.69, 9.17) is 26.1 Å². The van der Waals surface area contributed by atoms with Crippen molar-refractivity contribution in [3.05, 3.63) is 94.3 Å². The Balaban J connectivity index is 1.04. The van der Waals surface area contributed by atoms with Gasteiger partial charge in [0.15, 0.2) is 11.5 Å². The number of aromatic carboxylic acids is 1. The quantitative estimate of drug-likeness (QED) is 0.245. The van der Waals surface area contributed by atoms with Crippen LogP contribution in [0.3, 0.4) is 0 Å². The number of nitrogens with zero attached hydrogens (tertiary/aromatic N) is 5. The Labute approximate surface area is 267 Å². The molecule has 1 unspecified atom stereocenters. The number of carbonyl (C=O) groups is 1. The first-order chi connectivity index (χ1) is 21.8. The number of likely N-dealkylation sites (tertiary alicyclic amines) is 1. The molecular formula is C34H37ClN6O4. The van der Waals surface area contributed by atoms with Crippen LogP contribution in [-0.4, -0.2) is 61.7 Å². The first-order valence-corrected chi connectivity index (χ1v) is 15.9. The summed E-state index contributed by atoms with van der Waals surface area (Å²) in [5.41, 5.74) is 4.94. The Morgan fingerprint density at radius 3 is 2.73 bits per heavy atom. The highest BCUT2D eigenvalue weighted by atomic mass is 35.5. The van der Waals surface area contributed by atoms with E-state index >= 15 is 0 Å². The lowest BCUT2D eigenvalue weighted by molar-refractivity contribution is -0.0721. The van der Waals surface area contributed by atoms with Crippen LogP contribution in [0.1, 0.15) is 54.1 Å². The highest BCUT2D eigenvalue weighted by molar-refractivity contribution is 6.30. The molecule has 2 aromatic heterocycles. The van der Waals surface area contributed by atoms with Gasteiger partial charge in [0.05, 0.1) is 47.1 Å². The summed E-state index contributed by atoms with van der Waals surface area (Å²) in [6.45, 7) is 8.96. The summed E-state index contributed by atoms with van der Waals surface area (Å²) in [4.78, 5) is 25.9. The molecule has 234 valence electrons. The lowest BCUT2D eigenvalue weighted by Gasteiger charge is -2.32. The SMILES string of the molecule is CCN1CNC=C1Cn1c(CN2CCC(Cc3cccc4c3OC(C)(c3ccc(Cl)cn3)O4)CC2)nc2ccc(C(=O)O)cc21. The summed E-state index contributed by atoms with van der Waals surface area (Å²) in [5.74, 6) is 1.08. The Morgan fingerprint density at radius 1 is 1.13 bits per heavy atom. The van der Waals surface area contributed by atoms with Crippen LogP contribution >= 0.6 is 11.6 Å². The molecule has 2 N–H and O–H groups in total. The van der Waals surface area contributed by atoms with Gasteiger partial charge in [-0.05, 0) is 87.2 Å². The number of benzene rings is 2. The molecular weight excluding hydrogens is 592 g/mol. The zero-order chi connectivity index (χ0) is 31.1. The topological polar surface area (TPSA) is 105 Å². The largest absolute Gasteiger partial charge is 0.478 e. The van der Waals surface area contributed by atoms with E-state index in [1.807, 2.05) is 31.2 Å². The molecule has 3 aliphatic heterocycles. The average Bonchev–Trinajstić information content (AvgIpc) is 3.74. The van der Waals surface area contributed by atoms with Crippen LogP contribution in [0.15, 0.2) is 66.6 Å². The number of imidazole rings is 1. The van der Waals surface area contributed by atoms with E-state index in [0.29, 0.717) is 29.7 Å². The Hall–Kier alpha value is -4.28. The van der Waals surface area contributed by atoms with Gasteiger partial charge in [0, 0.05) is 25.9 Å². The van der Waals surface area contributed by atoms with E-state index in [0.717, 1.165) is 79.5 Å². The number of aromatic nitrogens is 3. The molecule has 3 aliphatic rings. The lowest BCUT2D eigenvalue weighted by Crippen LogP contribution is -2.35. The van der Waals surface area contributed by atoms with Crippen molar-refractivity contribution in [3.8, 4) is 11.5 Å². The van der Waals surface area contributed by atoms with E-state index in [1.54, 1.807) is 24.4 Å². The van der Waals surface area contributed by atoms with Crippen molar-refractivity contribution < 1.29 is 19.4 Å². The third-order valence-corrected chi connectivity index (χ3v) is 9.39. The monoisotopic (exact) mass is 628 g/mol. The van der Waals surface area contributed by atoms with Gasteiger partial charge in [0.25, 0.3) is 5.79 Å². The van der Waals surface area contributed by atoms with Crippen molar-refractivity contribution in [3.63, 3.8) is 0 Å². The van der Waals surface area contributed by atoms with Gasteiger partial charge in [-0.1, -0.05) is 23.7 Å². The molecule has 11 heteroatoms. The molecule has 0 spiro atoms. The number of fused-ring (bicyclic) bond motifs is 2. The smallest absolute Gasteiger partial charge is 0.335 e. The predicted molar refractivity (Wildman–Crippen MR) is 171 cm³/mol. The highest BCUT2D eigenvalue weighted by Crippen LogP contribution is 2.46. The van der Waals surface area contributed by atoms with E-state index in [1.165, 1.54) is 5.70 Å². The van der Waals surface area contributed by atoms with Crippen molar-refractivity contribution in [1.29, 1.82) is 0 Å². The average molecular weight is 629 g/mol. The summed E-state index contributed by atoms with van der Waals surface area (Å²) in [5, 5.41) is 13.5. The van der Waals surface area contributed by atoms with Gasteiger partial charge in [-0.15, -0.1) is 0 Å². The van der Waals surface area contributed by atoms with Gasteiger partial charge < -0.3 is 29.4 Å². The van der Waals surface area contributed by atoms with E-state index < -0.39 is 11.8 Å². The zero-order valence-electron chi connectivity index (χ0n) is 25.5. The van der Waals surface area contributed by atoms with Crippen LogP contribution in [0.4, 0.5) is 0 Å². The van der Waals surface area contributed by atoms with Gasteiger partial charge in [-0.3, -0.25) is 9.88 Å². The number of para-hydroxylation sites is 1. The Bertz CT molecular complexity index is 1760. The van der Waals surface area contributed by atoms with E-state index in [-0.39, 0.29) is 5.56 Å². The number of pyridine rings is 1. The molecule has 1 atom stereocenters. The Kier molecular flexibility index (Phi) is 7.79. The highest BCUT2D eigenvalue weighted by Gasteiger charge is 2.41. The number of piperidine rings is 1. The van der Waals surface area contributed by atoms with Crippen LogP contribution in [-0.2, 0) is 25.3 Å². The summed E-state index contributed by atoms with van der Waals surface area (Å²) in [6.07, 6.45) is 6.69. The van der Waals surface area contributed by atoms with Crippen molar-refractivity contribution >= 4 is 28.6 Å². The molecule has 0 saturated carbocycles. The van der Waals surface area contributed by atoms with Crippen molar-refractivity contribution in [2.45, 2.75) is 52.0 Å². The summed E-state index contributed by atoms with van der Waals surface area (Å²) >= 11 is 6.05. The molecule has 4 aromatic rings. The number of allylic oxidation sites excluding steroid dienone is 1.